The third-order valence-corrected chi connectivity index (χ3v) is 4.07. The molecular formula is C17H19N3O. The number of nitrogens with one attached hydrogen (secondary N) is 1. The average Bonchev–Trinajstić information content (AvgIpc) is 3.10. The molecule has 0 radical (unpaired) electrons. The topological polar surface area (TPSA) is 43.0 Å². The minimum Gasteiger partial charge on any atom is -0.359 e. The molecule has 4 nitrogen and oxygen atoms in total. The van der Waals surface area contributed by atoms with Crippen LogP contribution in [0.15, 0.2) is 41.1 Å². The molecule has 21 heavy (non-hydrogen) atoms. The Hall–Kier alpha value is -2.07. The number of aromatic nitrogens is 2. The lowest BCUT2D eigenvalue weighted by molar-refractivity contribution is 0.374. The first-order chi connectivity index (χ1) is 10.3. The fraction of sp³-hybridized carbons (Fsp3) is 0.353. The van der Waals surface area contributed by atoms with Crippen molar-refractivity contribution >= 4 is 10.9 Å². The summed E-state index contributed by atoms with van der Waals surface area (Å²) >= 11 is 0. The molecule has 1 aliphatic carbocycles. The fourth-order valence-electron chi connectivity index (χ4n) is 2.78. The smallest absolute Gasteiger partial charge is 0.156 e. The Labute approximate surface area is 123 Å². The molecular weight excluding hydrogens is 262 g/mol. The molecule has 108 valence electrons. The molecule has 4 rings (SSSR count). The Kier molecular flexibility index (Phi) is 3.04. The number of benzene rings is 1. The van der Waals surface area contributed by atoms with Crippen LogP contribution in [0.1, 0.15) is 29.9 Å². The normalized spacial score (nSPS) is 14.9. The molecule has 3 aromatic rings. The standard InChI is InChI=1S/C17H19N3O/c1-12-9-15(21-19-12)11-20-8-7-16-13(3-2-4-17(16)20)10-18-14-5-6-14/h2-4,7-9,14,18H,5-6,10-11H2,1H3. The van der Waals surface area contributed by atoms with Gasteiger partial charge >= 0.3 is 0 Å². The van der Waals surface area contributed by atoms with Crippen LogP contribution in [-0.2, 0) is 13.1 Å². The number of nitrogens with zero attached hydrogens (tertiary/aromatic N) is 2. The van der Waals surface area contributed by atoms with Gasteiger partial charge in [0.1, 0.15) is 0 Å². The fourth-order valence-corrected chi connectivity index (χ4v) is 2.78. The van der Waals surface area contributed by atoms with Crippen molar-refractivity contribution in [1.29, 1.82) is 0 Å². The van der Waals surface area contributed by atoms with E-state index in [2.05, 4.69) is 45.5 Å². The molecule has 0 spiro atoms. The first-order valence-electron chi connectivity index (χ1n) is 7.52. The Balaban J connectivity index is 1.62. The second kappa shape index (κ2) is 5.04. The lowest BCUT2D eigenvalue weighted by Gasteiger charge is -2.07. The van der Waals surface area contributed by atoms with Crippen molar-refractivity contribution in [2.75, 3.05) is 0 Å². The zero-order chi connectivity index (χ0) is 14.2. The van der Waals surface area contributed by atoms with Gasteiger partial charge in [-0.1, -0.05) is 17.3 Å². The van der Waals surface area contributed by atoms with Crippen molar-refractivity contribution in [2.45, 2.75) is 38.9 Å². The van der Waals surface area contributed by atoms with E-state index in [4.69, 9.17) is 4.52 Å². The van der Waals surface area contributed by atoms with Gasteiger partial charge in [-0.2, -0.15) is 0 Å². The van der Waals surface area contributed by atoms with E-state index in [9.17, 15) is 0 Å². The molecule has 2 heterocycles. The lowest BCUT2D eigenvalue weighted by atomic mass is 10.1. The third-order valence-electron chi connectivity index (χ3n) is 4.07. The SMILES string of the molecule is Cc1cc(Cn2ccc3c(CNC4CC4)cccc32)on1. The van der Waals surface area contributed by atoms with Gasteiger partial charge in [-0.25, -0.2) is 0 Å². The number of rotatable bonds is 5. The van der Waals surface area contributed by atoms with E-state index < -0.39 is 0 Å². The van der Waals surface area contributed by atoms with Crippen LogP contribution < -0.4 is 5.32 Å². The summed E-state index contributed by atoms with van der Waals surface area (Å²) in [5.74, 6) is 0.895. The van der Waals surface area contributed by atoms with E-state index in [1.54, 1.807) is 0 Å². The minimum atomic E-state index is 0.726. The molecule has 1 aromatic carbocycles. The molecule has 0 unspecified atom stereocenters. The second-order valence-corrected chi connectivity index (χ2v) is 5.88. The Bertz CT molecular complexity index is 767. The summed E-state index contributed by atoms with van der Waals surface area (Å²) in [6, 6.07) is 11.4. The van der Waals surface area contributed by atoms with Crippen LogP contribution in [0.5, 0.6) is 0 Å². The zero-order valence-electron chi connectivity index (χ0n) is 12.2. The summed E-state index contributed by atoms with van der Waals surface area (Å²) in [6.07, 6.45) is 4.77. The van der Waals surface area contributed by atoms with E-state index in [-0.39, 0.29) is 0 Å². The quantitative estimate of drug-likeness (QED) is 0.780. The third kappa shape index (κ3) is 2.59. The highest BCUT2D eigenvalue weighted by molar-refractivity contribution is 5.83. The largest absolute Gasteiger partial charge is 0.359 e. The van der Waals surface area contributed by atoms with E-state index in [0.717, 1.165) is 30.6 Å². The van der Waals surface area contributed by atoms with E-state index in [1.165, 1.54) is 29.3 Å². The summed E-state index contributed by atoms with van der Waals surface area (Å²) in [5.41, 5.74) is 3.54. The highest BCUT2D eigenvalue weighted by Crippen LogP contribution is 2.24. The number of aryl methyl sites for hydroxylation is 1. The minimum absolute atomic E-state index is 0.726. The number of fused-ring (bicyclic) bond motifs is 1. The first kappa shape index (κ1) is 12.7. The molecule has 1 fully saturated rings. The summed E-state index contributed by atoms with van der Waals surface area (Å²) in [6.45, 7) is 3.62. The van der Waals surface area contributed by atoms with Crippen molar-refractivity contribution in [3.8, 4) is 0 Å². The monoisotopic (exact) mass is 281 g/mol. The van der Waals surface area contributed by atoms with Gasteiger partial charge < -0.3 is 14.4 Å². The Morgan fingerprint density at radius 2 is 2.24 bits per heavy atom. The van der Waals surface area contributed by atoms with Gasteiger partial charge in [0.15, 0.2) is 5.76 Å². The van der Waals surface area contributed by atoms with Crippen molar-refractivity contribution < 1.29 is 4.52 Å². The molecule has 1 N–H and O–H groups in total. The lowest BCUT2D eigenvalue weighted by Crippen LogP contribution is -2.15. The van der Waals surface area contributed by atoms with Gasteiger partial charge in [0.25, 0.3) is 0 Å². The van der Waals surface area contributed by atoms with Crippen LogP contribution in [-0.4, -0.2) is 15.8 Å². The summed E-state index contributed by atoms with van der Waals surface area (Å²) in [7, 11) is 0. The maximum atomic E-state index is 5.32. The van der Waals surface area contributed by atoms with Crippen LogP contribution in [0.3, 0.4) is 0 Å². The predicted molar refractivity (Wildman–Crippen MR) is 82.1 cm³/mol. The van der Waals surface area contributed by atoms with Gasteiger partial charge in [-0.05, 0) is 37.5 Å². The van der Waals surface area contributed by atoms with Crippen molar-refractivity contribution in [3.05, 3.63) is 53.5 Å². The Morgan fingerprint density at radius 3 is 3.00 bits per heavy atom. The molecule has 1 saturated carbocycles. The maximum Gasteiger partial charge on any atom is 0.156 e. The van der Waals surface area contributed by atoms with E-state index in [1.807, 2.05) is 13.0 Å². The molecule has 2 aromatic heterocycles. The molecule has 1 aliphatic rings. The van der Waals surface area contributed by atoms with E-state index in [0.29, 0.717) is 0 Å². The van der Waals surface area contributed by atoms with Gasteiger partial charge in [0.05, 0.1) is 12.2 Å². The highest BCUT2D eigenvalue weighted by atomic mass is 16.5. The first-order valence-corrected chi connectivity index (χ1v) is 7.52. The molecule has 0 amide bonds. The van der Waals surface area contributed by atoms with Crippen LogP contribution in [0.25, 0.3) is 10.9 Å². The van der Waals surface area contributed by atoms with Crippen molar-refractivity contribution in [2.24, 2.45) is 0 Å². The maximum absolute atomic E-state index is 5.32. The molecule has 0 aliphatic heterocycles. The number of hydrogen-bond donors (Lipinski definition) is 1. The van der Waals surface area contributed by atoms with Crippen LogP contribution in [0.4, 0.5) is 0 Å². The molecule has 4 heteroatoms. The van der Waals surface area contributed by atoms with Gasteiger partial charge in [0.2, 0.25) is 0 Å². The van der Waals surface area contributed by atoms with Crippen LogP contribution in [0, 0.1) is 6.92 Å². The van der Waals surface area contributed by atoms with Gasteiger partial charge in [-0.3, -0.25) is 0 Å². The molecule has 0 bridgehead atoms. The average molecular weight is 281 g/mol. The Morgan fingerprint density at radius 1 is 1.33 bits per heavy atom. The highest BCUT2D eigenvalue weighted by Gasteiger charge is 2.20. The zero-order valence-corrected chi connectivity index (χ0v) is 12.2. The van der Waals surface area contributed by atoms with Crippen molar-refractivity contribution in [1.82, 2.24) is 15.0 Å². The van der Waals surface area contributed by atoms with E-state index >= 15 is 0 Å². The second-order valence-electron chi connectivity index (χ2n) is 5.88. The number of hydrogen-bond acceptors (Lipinski definition) is 3. The van der Waals surface area contributed by atoms with Gasteiger partial charge in [0, 0.05) is 35.8 Å². The van der Waals surface area contributed by atoms with Crippen LogP contribution in [0.2, 0.25) is 0 Å². The van der Waals surface area contributed by atoms with Crippen molar-refractivity contribution in [3.63, 3.8) is 0 Å². The van der Waals surface area contributed by atoms with Crippen LogP contribution >= 0.6 is 0 Å². The predicted octanol–water partition coefficient (Wildman–Crippen LogP) is 3.24. The summed E-state index contributed by atoms with van der Waals surface area (Å²) in [5, 5.41) is 8.86. The summed E-state index contributed by atoms with van der Waals surface area (Å²) < 4.78 is 7.54. The van der Waals surface area contributed by atoms with Gasteiger partial charge in [-0.15, -0.1) is 0 Å². The summed E-state index contributed by atoms with van der Waals surface area (Å²) in [4.78, 5) is 0. The molecule has 0 saturated heterocycles. The molecule has 0 atom stereocenters.